The first-order valence-corrected chi connectivity index (χ1v) is 12.0. The van der Waals surface area contributed by atoms with Crippen LogP contribution in [-0.2, 0) is 6.54 Å². The molecule has 0 fully saturated rings. The summed E-state index contributed by atoms with van der Waals surface area (Å²) in [5.41, 5.74) is 3.43. The highest BCUT2D eigenvalue weighted by Gasteiger charge is 2.13. The lowest BCUT2D eigenvalue weighted by Crippen LogP contribution is -2.24. The summed E-state index contributed by atoms with van der Waals surface area (Å²) in [7, 11) is 0. The lowest BCUT2D eigenvalue weighted by Gasteiger charge is -2.10. The molecule has 39 heavy (non-hydrogen) atoms. The van der Waals surface area contributed by atoms with Gasteiger partial charge in [-0.3, -0.25) is 4.79 Å². The van der Waals surface area contributed by atoms with E-state index in [0.717, 1.165) is 29.3 Å². The molecule has 6 N–H and O–H groups in total. The molecule has 0 spiro atoms. The molecule has 2 aromatic carbocycles. The van der Waals surface area contributed by atoms with Crippen molar-refractivity contribution in [3.8, 4) is 5.88 Å². The smallest absolute Gasteiger partial charge is 0.255 e. The average Bonchev–Trinajstić information content (AvgIpc) is 3.23. The molecular weight excluding hydrogens is 502 g/mol. The van der Waals surface area contributed by atoms with Crippen LogP contribution in [0.5, 0.6) is 5.88 Å². The van der Waals surface area contributed by atoms with Gasteiger partial charge in [-0.1, -0.05) is 30.4 Å². The van der Waals surface area contributed by atoms with E-state index in [9.17, 15) is 18.7 Å². The molecule has 0 aliphatic heterocycles. The second-order valence-electron chi connectivity index (χ2n) is 8.68. The molecule has 0 aliphatic rings. The van der Waals surface area contributed by atoms with Crippen molar-refractivity contribution >= 4 is 46.7 Å². The molecule has 198 valence electrons. The highest BCUT2D eigenvalue weighted by atomic mass is 19.2. The summed E-state index contributed by atoms with van der Waals surface area (Å²) < 4.78 is 26.5. The molecule has 0 saturated carbocycles. The van der Waals surface area contributed by atoms with Gasteiger partial charge in [-0.15, -0.1) is 0 Å². The summed E-state index contributed by atoms with van der Waals surface area (Å²) >= 11 is 0. The van der Waals surface area contributed by atoms with E-state index >= 15 is 0 Å². The first-order valence-electron chi connectivity index (χ1n) is 12.0. The fourth-order valence-corrected chi connectivity index (χ4v) is 3.89. The molecular formula is C29H26F2N6O2. The van der Waals surface area contributed by atoms with Crippen LogP contribution in [0.25, 0.3) is 23.1 Å². The Balaban J connectivity index is 1.41. The third-order valence-electron chi connectivity index (χ3n) is 5.92. The second-order valence-corrected chi connectivity index (χ2v) is 8.68. The van der Waals surface area contributed by atoms with Gasteiger partial charge in [0.15, 0.2) is 17.5 Å². The van der Waals surface area contributed by atoms with Crippen molar-refractivity contribution in [1.82, 2.24) is 15.3 Å². The predicted octanol–water partition coefficient (Wildman–Crippen LogP) is 5.67. The maximum absolute atomic E-state index is 13.4. The number of carbonyl (C=O) groups is 1. The number of nitrogens with one attached hydrogen (secondary N) is 5. The zero-order valence-corrected chi connectivity index (χ0v) is 21.0. The lowest BCUT2D eigenvalue weighted by molar-refractivity contribution is 0.0951. The molecule has 8 nitrogen and oxygen atoms in total. The van der Waals surface area contributed by atoms with Crippen molar-refractivity contribution in [2.24, 2.45) is 0 Å². The van der Waals surface area contributed by atoms with Gasteiger partial charge >= 0.3 is 0 Å². The van der Waals surface area contributed by atoms with Crippen LogP contribution < -0.4 is 10.6 Å². The highest BCUT2D eigenvalue weighted by molar-refractivity contribution is 6.17. The SMILES string of the molecule is CC(=N)C(C=N)=Cc1c(O)[nH]c2cc(/C=C/CNc3ncccc3C(=O)NCc3ccc(F)c(F)c3)ccc12. The van der Waals surface area contributed by atoms with Crippen LogP contribution in [0, 0.1) is 22.5 Å². The molecule has 2 heterocycles. The van der Waals surface area contributed by atoms with Gasteiger partial charge < -0.3 is 31.5 Å². The second kappa shape index (κ2) is 12.0. The summed E-state index contributed by atoms with van der Waals surface area (Å²) in [6.45, 7) is 1.97. The third-order valence-corrected chi connectivity index (χ3v) is 5.92. The molecule has 0 unspecified atom stereocenters. The van der Waals surface area contributed by atoms with Crippen molar-refractivity contribution in [1.29, 1.82) is 10.8 Å². The number of halogens is 2. The van der Waals surface area contributed by atoms with Crippen molar-refractivity contribution in [2.75, 3.05) is 11.9 Å². The number of anilines is 1. The molecule has 10 heteroatoms. The standard InChI is InChI=1S/C29H26F2N6O2/c1-17(33)20(15-32)14-23-21-8-6-18(13-26(21)37-29(23)39)4-2-10-34-27-22(5-3-11-35-27)28(38)36-16-19-7-9-24(30)25(31)12-19/h2-9,11-15,32-33,37,39H,10,16H2,1H3,(H,34,35)(H,36,38)/b4-2+,20-14?,32-15?,33-17?. The van der Waals surface area contributed by atoms with Crippen LogP contribution in [0.1, 0.15) is 34.0 Å². The third kappa shape index (κ3) is 6.42. The van der Waals surface area contributed by atoms with Crippen molar-refractivity contribution in [3.05, 3.63) is 100 Å². The normalized spacial score (nSPS) is 11.6. The number of rotatable bonds is 10. The number of aromatic nitrogens is 2. The van der Waals surface area contributed by atoms with Crippen molar-refractivity contribution in [3.63, 3.8) is 0 Å². The number of aromatic hydroxyl groups is 1. The maximum atomic E-state index is 13.4. The number of carbonyl (C=O) groups excluding carboxylic acids is 1. The first kappa shape index (κ1) is 26.9. The van der Waals surface area contributed by atoms with Gasteiger partial charge in [0.2, 0.25) is 0 Å². The fraction of sp³-hybridized carbons (Fsp3) is 0.103. The molecule has 4 rings (SSSR count). The molecule has 4 aromatic rings. The van der Waals surface area contributed by atoms with Gasteiger partial charge in [0.05, 0.1) is 5.56 Å². The van der Waals surface area contributed by atoms with E-state index in [-0.39, 0.29) is 18.1 Å². The van der Waals surface area contributed by atoms with Crippen LogP contribution in [0.3, 0.4) is 0 Å². The Morgan fingerprint density at radius 2 is 1.97 bits per heavy atom. The monoisotopic (exact) mass is 528 g/mol. The average molecular weight is 529 g/mol. The van der Waals surface area contributed by atoms with E-state index in [2.05, 4.69) is 20.6 Å². The molecule has 0 saturated heterocycles. The largest absolute Gasteiger partial charge is 0.494 e. The van der Waals surface area contributed by atoms with E-state index in [1.807, 2.05) is 30.4 Å². The minimum Gasteiger partial charge on any atom is -0.494 e. The minimum absolute atomic E-state index is 0.0300. The number of allylic oxidation sites excluding steroid dienone is 1. The van der Waals surface area contributed by atoms with E-state index in [0.29, 0.717) is 40.1 Å². The Bertz CT molecular complexity index is 1620. The van der Waals surface area contributed by atoms with E-state index in [1.165, 1.54) is 6.07 Å². The van der Waals surface area contributed by atoms with Crippen molar-refractivity contribution in [2.45, 2.75) is 13.5 Å². The number of hydrogen-bond donors (Lipinski definition) is 6. The van der Waals surface area contributed by atoms with Crippen LogP contribution in [0.2, 0.25) is 0 Å². The summed E-state index contributed by atoms with van der Waals surface area (Å²) in [6.07, 6.45) is 7.96. The van der Waals surface area contributed by atoms with Crippen molar-refractivity contribution < 1.29 is 18.7 Å². The van der Waals surface area contributed by atoms with Crippen LogP contribution in [-0.4, -0.2) is 39.5 Å². The Morgan fingerprint density at radius 3 is 2.72 bits per heavy atom. The molecule has 2 aromatic heterocycles. The number of hydrogen-bond acceptors (Lipinski definition) is 6. The lowest BCUT2D eigenvalue weighted by atomic mass is 10.1. The molecule has 0 bridgehead atoms. The maximum Gasteiger partial charge on any atom is 0.255 e. The van der Waals surface area contributed by atoms with Gasteiger partial charge in [-0.05, 0) is 54.5 Å². The number of aromatic amines is 1. The number of fused-ring (bicyclic) bond motifs is 1. The molecule has 0 atom stereocenters. The Kier molecular flexibility index (Phi) is 8.25. The van der Waals surface area contributed by atoms with Gasteiger partial charge in [0, 0.05) is 53.3 Å². The number of amides is 1. The zero-order chi connectivity index (χ0) is 27.9. The van der Waals surface area contributed by atoms with Crippen LogP contribution in [0.15, 0.2) is 66.4 Å². The summed E-state index contributed by atoms with van der Waals surface area (Å²) in [6, 6.07) is 12.3. The molecule has 0 aliphatic carbocycles. The summed E-state index contributed by atoms with van der Waals surface area (Å²) in [5.74, 6) is -2.01. The number of nitrogens with zero attached hydrogens (tertiary/aromatic N) is 1. The Morgan fingerprint density at radius 1 is 1.15 bits per heavy atom. The van der Waals surface area contributed by atoms with E-state index in [1.54, 1.807) is 31.3 Å². The van der Waals surface area contributed by atoms with E-state index in [4.69, 9.17) is 10.8 Å². The number of H-pyrrole nitrogens is 1. The molecule has 0 radical (unpaired) electrons. The predicted molar refractivity (Wildman–Crippen MR) is 149 cm³/mol. The summed E-state index contributed by atoms with van der Waals surface area (Å²) in [4.78, 5) is 19.9. The van der Waals surface area contributed by atoms with Crippen LogP contribution in [0.4, 0.5) is 14.6 Å². The highest BCUT2D eigenvalue weighted by Crippen LogP contribution is 2.30. The topological polar surface area (TPSA) is 138 Å². The van der Waals surface area contributed by atoms with Gasteiger partial charge in [0.25, 0.3) is 5.91 Å². The zero-order valence-electron chi connectivity index (χ0n) is 21.0. The number of benzene rings is 2. The Hall–Kier alpha value is -5.12. The number of pyridine rings is 1. The van der Waals surface area contributed by atoms with Gasteiger partial charge in [-0.2, -0.15) is 0 Å². The van der Waals surface area contributed by atoms with Gasteiger partial charge in [0.1, 0.15) is 5.82 Å². The minimum atomic E-state index is -0.975. The van der Waals surface area contributed by atoms with Crippen LogP contribution >= 0.6 is 0 Å². The summed E-state index contributed by atoms with van der Waals surface area (Å²) in [5, 5.41) is 32.1. The Labute approximate surface area is 223 Å². The quantitative estimate of drug-likeness (QED) is 0.148. The van der Waals surface area contributed by atoms with Gasteiger partial charge in [-0.25, -0.2) is 13.8 Å². The molecule has 1 amide bonds. The first-order chi connectivity index (χ1) is 18.8. The fourth-order valence-electron chi connectivity index (χ4n) is 3.89. The van der Waals surface area contributed by atoms with E-state index < -0.39 is 17.5 Å².